The van der Waals surface area contributed by atoms with E-state index in [9.17, 15) is 19.7 Å². The molecular weight excluding hydrogens is 308 g/mol. The van der Waals surface area contributed by atoms with Crippen LogP contribution < -0.4 is 10.6 Å². The first-order valence-electron chi connectivity index (χ1n) is 6.62. The van der Waals surface area contributed by atoms with Crippen LogP contribution in [0.5, 0.6) is 0 Å². The van der Waals surface area contributed by atoms with Gasteiger partial charge in [-0.2, -0.15) is 0 Å². The van der Waals surface area contributed by atoms with Gasteiger partial charge in [-0.3, -0.25) is 10.1 Å². The minimum Gasteiger partial charge on any atom is -0.449 e. The molecule has 0 saturated carbocycles. The first-order valence-corrected chi connectivity index (χ1v) is 6.62. The maximum absolute atomic E-state index is 12.0. The van der Waals surface area contributed by atoms with Gasteiger partial charge in [-0.25, -0.2) is 14.5 Å². The van der Waals surface area contributed by atoms with Crippen molar-refractivity contribution < 1.29 is 24.0 Å². The molecule has 10 nitrogen and oxygen atoms in total. The number of hydrogen-bond acceptors (Lipinski definition) is 6. The van der Waals surface area contributed by atoms with E-state index in [2.05, 4.69) is 9.73 Å². The molecule has 1 aromatic carbocycles. The smallest absolute Gasteiger partial charge is 0.436 e. The van der Waals surface area contributed by atoms with Gasteiger partial charge < -0.3 is 15.2 Å². The number of nitro groups is 1. The summed E-state index contributed by atoms with van der Waals surface area (Å²) < 4.78 is 9.43. The molecule has 0 atom stereocenters. The summed E-state index contributed by atoms with van der Waals surface area (Å²) in [5.74, 6) is -0.526. The van der Waals surface area contributed by atoms with Gasteiger partial charge in [0, 0.05) is 12.1 Å². The van der Waals surface area contributed by atoms with Crippen LogP contribution in [-0.4, -0.2) is 36.3 Å². The number of anilines is 1. The number of benzene rings is 1. The number of ether oxygens (including phenoxy) is 2. The van der Waals surface area contributed by atoms with Crippen molar-refractivity contribution >= 4 is 29.5 Å². The number of nitro benzene ring substituents is 1. The molecule has 0 bridgehead atoms. The number of rotatable bonds is 4. The largest absolute Gasteiger partial charge is 0.449 e. The first kappa shape index (κ1) is 17.9. The molecule has 23 heavy (non-hydrogen) atoms. The highest BCUT2D eigenvalue weighted by Gasteiger charge is 2.24. The van der Waals surface area contributed by atoms with E-state index in [0.717, 1.165) is 11.0 Å². The SMILES string of the molecule is CCOC(=O)/N=C(\N)N(C(=O)OCC)c1cccc([N+](=O)[O-])c1. The second-order valence-electron chi connectivity index (χ2n) is 3.98. The summed E-state index contributed by atoms with van der Waals surface area (Å²) in [5, 5.41) is 10.8. The second-order valence-corrected chi connectivity index (χ2v) is 3.98. The molecule has 1 rings (SSSR count). The molecule has 2 amide bonds. The Labute approximate surface area is 131 Å². The third-order valence-corrected chi connectivity index (χ3v) is 2.45. The predicted octanol–water partition coefficient (Wildman–Crippen LogP) is 2.03. The normalized spacial score (nSPS) is 10.8. The van der Waals surface area contributed by atoms with Crippen molar-refractivity contribution in [1.82, 2.24) is 0 Å². The van der Waals surface area contributed by atoms with Gasteiger partial charge in [-0.15, -0.1) is 4.99 Å². The van der Waals surface area contributed by atoms with E-state index in [1.54, 1.807) is 13.8 Å². The number of non-ortho nitro benzene ring substituents is 1. The summed E-state index contributed by atoms with van der Waals surface area (Å²) in [6, 6.07) is 5.09. The molecule has 0 unspecified atom stereocenters. The fourth-order valence-electron chi connectivity index (χ4n) is 1.56. The standard InChI is InChI=1S/C13H16N4O6/c1-3-22-12(18)15-11(14)16(13(19)23-4-2)9-6-5-7-10(8-9)17(20)21/h5-8H,3-4H2,1-2H3,(H2,14,15,18). The molecule has 0 radical (unpaired) electrons. The molecule has 0 aliphatic heterocycles. The third-order valence-electron chi connectivity index (χ3n) is 2.45. The first-order chi connectivity index (χ1) is 10.9. The highest BCUT2D eigenvalue weighted by Crippen LogP contribution is 2.21. The van der Waals surface area contributed by atoms with Crippen molar-refractivity contribution in [3.8, 4) is 0 Å². The van der Waals surface area contributed by atoms with Crippen LogP contribution in [0.2, 0.25) is 0 Å². The number of nitrogens with zero attached hydrogens (tertiary/aromatic N) is 3. The Hall–Kier alpha value is -3.17. The average Bonchev–Trinajstić information content (AvgIpc) is 2.48. The summed E-state index contributed by atoms with van der Waals surface area (Å²) >= 11 is 0. The highest BCUT2D eigenvalue weighted by molar-refractivity contribution is 6.15. The van der Waals surface area contributed by atoms with E-state index >= 15 is 0 Å². The van der Waals surface area contributed by atoms with Gasteiger partial charge in [-0.05, 0) is 19.9 Å². The van der Waals surface area contributed by atoms with Crippen LogP contribution >= 0.6 is 0 Å². The fourth-order valence-corrected chi connectivity index (χ4v) is 1.56. The topological polar surface area (TPSA) is 137 Å². The van der Waals surface area contributed by atoms with Crippen LogP contribution in [0.4, 0.5) is 21.0 Å². The van der Waals surface area contributed by atoms with Crippen molar-refractivity contribution in [1.29, 1.82) is 0 Å². The molecule has 0 aliphatic carbocycles. The van der Waals surface area contributed by atoms with Crippen LogP contribution in [-0.2, 0) is 9.47 Å². The number of carbonyl (C=O) groups excluding carboxylic acids is 2. The van der Waals surface area contributed by atoms with E-state index in [0.29, 0.717) is 0 Å². The zero-order valence-corrected chi connectivity index (χ0v) is 12.6. The van der Waals surface area contributed by atoms with Crippen LogP contribution in [0.25, 0.3) is 0 Å². The van der Waals surface area contributed by atoms with Crippen LogP contribution in [0.15, 0.2) is 29.3 Å². The molecule has 0 saturated heterocycles. The van der Waals surface area contributed by atoms with Gasteiger partial charge in [0.05, 0.1) is 23.8 Å². The minimum absolute atomic E-state index is 0.0307. The Kier molecular flexibility index (Phi) is 6.46. The van der Waals surface area contributed by atoms with Crippen LogP contribution in [0, 0.1) is 10.1 Å². The van der Waals surface area contributed by atoms with E-state index in [1.807, 2.05) is 0 Å². The lowest BCUT2D eigenvalue weighted by Crippen LogP contribution is -2.43. The van der Waals surface area contributed by atoms with Gasteiger partial charge >= 0.3 is 12.2 Å². The van der Waals surface area contributed by atoms with Gasteiger partial charge in [-0.1, -0.05) is 6.07 Å². The van der Waals surface area contributed by atoms with E-state index < -0.39 is 23.1 Å². The molecule has 0 aromatic heterocycles. The number of amides is 2. The summed E-state index contributed by atoms with van der Waals surface area (Å²) in [5.41, 5.74) is 5.41. The van der Waals surface area contributed by atoms with Gasteiger partial charge in [0.2, 0.25) is 5.96 Å². The maximum atomic E-state index is 12.0. The fraction of sp³-hybridized carbons (Fsp3) is 0.308. The Bertz CT molecular complexity index is 631. The van der Waals surface area contributed by atoms with E-state index in [-0.39, 0.29) is 24.6 Å². The van der Waals surface area contributed by atoms with Crippen LogP contribution in [0.1, 0.15) is 13.8 Å². The van der Waals surface area contributed by atoms with Gasteiger partial charge in [0.25, 0.3) is 5.69 Å². The van der Waals surface area contributed by atoms with Crippen molar-refractivity contribution in [3.63, 3.8) is 0 Å². The zero-order chi connectivity index (χ0) is 17.4. The summed E-state index contributed by atoms with van der Waals surface area (Å²) in [6.45, 7) is 3.26. The molecule has 124 valence electrons. The number of nitrogens with two attached hydrogens (primary N) is 1. The Morgan fingerprint density at radius 2 is 1.96 bits per heavy atom. The molecule has 2 N–H and O–H groups in total. The maximum Gasteiger partial charge on any atom is 0.436 e. The lowest BCUT2D eigenvalue weighted by atomic mass is 10.2. The summed E-state index contributed by atoms with van der Waals surface area (Å²) in [7, 11) is 0. The van der Waals surface area contributed by atoms with E-state index in [4.69, 9.17) is 10.5 Å². The Morgan fingerprint density at radius 3 is 2.52 bits per heavy atom. The van der Waals surface area contributed by atoms with Gasteiger partial charge in [0.1, 0.15) is 0 Å². The molecule has 0 spiro atoms. The Morgan fingerprint density at radius 1 is 1.30 bits per heavy atom. The van der Waals surface area contributed by atoms with Crippen molar-refractivity contribution in [2.75, 3.05) is 18.1 Å². The highest BCUT2D eigenvalue weighted by atomic mass is 16.6. The monoisotopic (exact) mass is 324 g/mol. The predicted molar refractivity (Wildman–Crippen MR) is 81.2 cm³/mol. The quantitative estimate of drug-likeness (QED) is 0.387. The molecule has 0 heterocycles. The Balaban J connectivity index is 3.25. The number of carbonyl (C=O) groups is 2. The molecule has 10 heteroatoms. The zero-order valence-electron chi connectivity index (χ0n) is 12.6. The summed E-state index contributed by atoms with van der Waals surface area (Å²) in [6.07, 6.45) is -1.93. The second kappa shape index (κ2) is 8.32. The van der Waals surface area contributed by atoms with E-state index in [1.165, 1.54) is 18.2 Å². The minimum atomic E-state index is -0.996. The number of hydrogen-bond donors (Lipinski definition) is 1. The molecule has 0 fully saturated rings. The lowest BCUT2D eigenvalue weighted by molar-refractivity contribution is -0.384. The van der Waals surface area contributed by atoms with Crippen molar-refractivity contribution in [3.05, 3.63) is 34.4 Å². The van der Waals surface area contributed by atoms with Crippen LogP contribution in [0.3, 0.4) is 0 Å². The molecule has 0 aliphatic rings. The summed E-state index contributed by atoms with van der Waals surface area (Å²) in [4.78, 5) is 37.8. The third kappa shape index (κ3) is 4.95. The van der Waals surface area contributed by atoms with Gasteiger partial charge in [0.15, 0.2) is 0 Å². The molecular formula is C13H16N4O6. The number of aliphatic imine (C=N–C) groups is 1. The van der Waals surface area contributed by atoms with Crippen molar-refractivity contribution in [2.45, 2.75) is 13.8 Å². The lowest BCUT2D eigenvalue weighted by Gasteiger charge is -2.20. The number of guanidine groups is 1. The average molecular weight is 324 g/mol. The van der Waals surface area contributed by atoms with Crippen molar-refractivity contribution in [2.24, 2.45) is 10.7 Å². The molecule has 1 aromatic rings.